The van der Waals surface area contributed by atoms with Crippen molar-refractivity contribution in [2.45, 2.75) is 23.9 Å². The summed E-state index contributed by atoms with van der Waals surface area (Å²) >= 11 is 0. The SMILES string of the molecule is CN(C)[C@@H]1C(O)C(C(N)=O)C(=O)[C@@]2(O)C(O)=C3C(=O)c4c(O)cccc4/C(=C\c4cccc(C=O)c4)[C@H]3[C@H](O)[C@@H]12. The number of aliphatic hydroxyl groups excluding tert-OH is 3. The van der Waals surface area contributed by atoms with Crippen LogP contribution in [0, 0.1) is 17.8 Å². The van der Waals surface area contributed by atoms with Crippen molar-refractivity contribution in [3.8, 4) is 5.75 Å². The molecule has 0 saturated heterocycles. The number of aliphatic hydroxyl groups is 4. The summed E-state index contributed by atoms with van der Waals surface area (Å²) in [7, 11) is 2.98. The molecule has 1 fully saturated rings. The maximum atomic E-state index is 13.8. The molecule has 1 saturated carbocycles. The minimum Gasteiger partial charge on any atom is -0.508 e. The first kappa shape index (κ1) is 27.4. The molecule has 0 aliphatic heterocycles. The third kappa shape index (κ3) is 3.66. The first-order valence-corrected chi connectivity index (χ1v) is 12.5. The van der Waals surface area contributed by atoms with Gasteiger partial charge in [-0.1, -0.05) is 36.4 Å². The number of phenols is 1. The lowest BCUT2D eigenvalue weighted by Crippen LogP contribution is -2.74. The number of aromatic hydroxyl groups is 1. The highest BCUT2D eigenvalue weighted by Gasteiger charge is 2.69. The maximum Gasteiger partial charge on any atom is 0.230 e. The maximum absolute atomic E-state index is 13.8. The van der Waals surface area contributed by atoms with Crippen LogP contribution < -0.4 is 5.73 Å². The van der Waals surface area contributed by atoms with E-state index in [9.17, 15) is 44.7 Å². The number of phenolic OH excluding ortho intramolecular Hbond substituents is 1. The summed E-state index contributed by atoms with van der Waals surface area (Å²) in [6.45, 7) is 0. The number of benzene rings is 2. The van der Waals surface area contributed by atoms with E-state index >= 15 is 0 Å². The van der Waals surface area contributed by atoms with Crippen LogP contribution >= 0.6 is 0 Å². The zero-order chi connectivity index (χ0) is 29.3. The number of aldehydes is 1. The summed E-state index contributed by atoms with van der Waals surface area (Å²) in [5, 5.41) is 57.0. The van der Waals surface area contributed by atoms with E-state index in [-0.39, 0.29) is 16.7 Å². The predicted molar refractivity (Wildman–Crippen MR) is 141 cm³/mol. The first-order valence-electron chi connectivity index (χ1n) is 12.5. The van der Waals surface area contributed by atoms with E-state index in [1.54, 1.807) is 30.3 Å². The van der Waals surface area contributed by atoms with Crippen LogP contribution in [-0.4, -0.2) is 92.1 Å². The molecule has 0 radical (unpaired) electrons. The Hall–Kier alpha value is -4.16. The molecule has 2 aromatic carbocycles. The van der Waals surface area contributed by atoms with Gasteiger partial charge in [-0.05, 0) is 42.9 Å². The van der Waals surface area contributed by atoms with Crippen molar-refractivity contribution >= 4 is 35.4 Å². The van der Waals surface area contributed by atoms with Crippen LogP contribution in [0.5, 0.6) is 5.75 Å². The predicted octanol–water partition coefficient (Wildman–Crippen LogP) is 0.0670. The van der Waals surface area contributed by atoms with Crippen LogP contribution in [0.4, 0.5) is 0 Å². The molecule has 11 nitrogen and oxygen atoms in total. The molecular weight excluding hydrogens is 520 g/mol. The van der Waals surface area contributed by atoms with Crippen molar-refractivity contribution in [2.75, 3.05) is 14.1 Å². The van der Waals surface area contributed by atoms with Crippen LogP contribution in [0.3, 0.4) is 0 Å². The Bertz CT molecular complexity index is 1530. The Kier molecular flexibility index (Phi) is 6.50. The second-order valence-electron chi connectivity index (χ2n) is 10.6. The molecule has 40 heavy (non-hydrogen) atoms. The summed E-state index contributed by atoms with van der Waals surface area (Å²) in [5.41, 5.74) is 2.99. The van der Waals surface area contributed by atoms with Crippen LogP contribution in [-0.2, 0) is 9.59 Å². The molecule has 3 aliphatic rings. The van der Waals surface area contributed by atoms with Crippen LogP contribution in [0.15, 0.2) is 53.8 Å². The van der Waals surface area contributed by atoms with E-state index < -0.39 is 76.2 Å². The highest BCUT2D eigenvalue weighted by Crippen LogP contribution is 2.55. The molecule has 3 aliphatic carbocycles. The Morgan fingerprint density at radius 3 is 2.30 bits per heavy atom. The number of Topliss-reactive ketones (excluding diaryl/α,β-unsaturated/α-hetero) is 2. The average Bonchev–Trinajstić information content (AvgIpc) is 2.90. The number of likely N-dealkylation sites (N-methyl/N-ethyl adjacent to an activating group) is 1. The van der Waals surface area contributed by atoms with E-state index in [1.807, 2.05) is 0 Å². The van der Waals surface area contributed by atoms with E-state index in [0.717, 1.165) is 0 Å². The number of amides is 1. The molecule has 0 aromatic heterocycles. The molecule has 7 N–H and O–H groups in total. The first-order chi connectivity index (χ1) is 18.9. The molecule has 2 aromatic rings. The van der Waals surface area contributed by atoms with Gasteiger partial charge >= 0.3 is 0 Å². The van der Waals surface area contributed by atoms with Gasteiger partial charge in [-0.2, -0.15) is 0 Å². The van der Waals surface area contributed by atoms with Gasteiger partial charge in [0.2, 0.25) is 5.91 Å². The molecular formula is C29H28N2O9. The van der Waals surface area contributed by atoms with Crippen molar-refractivity contribution in [3.63, 3.8) is 0 Å². The van der Waals surface area contributed by atoms with E-state index in [0.29, 0.717) is 17.4 Å². The van der Waals surface area contributed by atoms with Crippen molar-refractivity contribution in [2.24, 2.45) is 23.5 Å². The second kappa shape index (κ2) is 9.49. The normalized spacial score (nSPS) is 32.5. The lowest BCUT2D eigenvalue weighted by molar-refractivity contribution is -0.191. The van der Waals surface area contributed by atoms with Gasteiger partial charge in [0.15, 0.2) is 17.2 Å². The van der Waals surface area contributed by atoms with Crippen LogP contribution in [0.1, 0.15) is 31.8 Å². The number of nitrogens with two attached hydrogens (primary N) is 1. The highest BCUT2D eigenvalue weighted by atomic mass is 16.4. The van der Waals surface area contributed by atoms with Gasteiger partial charge in [0.1, 0.15) is 23.7 Å². The Morgan fingerprint density at radius 1 is 1.02 bits per heavy atom. The number of hydrogen-bond acceptors (Lipinski definition) is 10. The van der Waals surface area contributed by atoms with Crippen molar-refractivity contribution in [1.82, 2.24) is 4.90 Å². The largest absolute Gasteiger partial charge is 0.508 e. The Labute approximate surface area is 228 Å². The van der Waals surface area contributed by atoms with Crippen LogP contribution in [0.25, 0.3) is 11.6 Å². The number of carbonyl (C=O) groups is 4. The highest BCUT2D eigenvalue weighted by molar-refractivity contribution is 6.20. The van der Waals surface area contributed by atoms with Gasteiger partial charge in [-0.25, -0.2) is 0 Å². The molecule has 1 amide bonds. The summed E-state index contributed by atoms with van der Waals surface area (Å²) < 4.78 is 0. The lowest BCUT2D eigenvalue weighted by Gasteiger charge is -2.55. The minimum absolute atomic E-state index is 0.228. The van der Waals surface area contributed by atoms with Gasteiger partial charge in [-0.15, -0.1) is 0 Å². The fourth-order valence-electron chi connectivity index (χ4n) is 6.57. The molecule has 7 atom stereocenters. The van der Waals surface area contributed by atoms with Gasteiger partial charge in [0.25, 0.3) is 0 Å². The Morgan fingerprint density at radius 2 is 1.68 bits per heavy atom. The monoisotopic (exact) mass is 548 g/mol. The average molecular weight is 549 g/mol. The number of rotatable bonds is 4. The van der Waals surface area contributed by atoms with Crippen molar-refractivity contribution in [1.29, 1.82) is 0 Å². The Balaban J connectivity index is 1.85. The van der Waals surface area contributed by atoms with E-state index in [1.165, 1.54) is 37.2 Å². The molecule has 2 unspecified atom stereocenters. The lowest BCUT2D eigenvalue weighted by atomic mass is 9.54. The standard InChI is InChI=1S/C29H28N2O9/c1-31(2)22-21-24(35)18-15(10-12-5-3-6-13(9-12)11-32)14-7-4-8-16(33)17(14)23(34)19(18)26(37)29(21,40)27(38)20(25(22)36)28(30)39/h3-11,18,20-22,24-25,33,35-37,40H,1-2H3,(H2,30,39)/b15-10+/t18-,20?,21-,22+,24+,25?,29+/m1/s1. The van der Waals surface area contributed by atoms with Gasteiger partial charge in [0, 0.05) is 23.4 Å². The number of carbonyl (C=O) groups excluding carboxylic acids is 4. The number of fused-ring (bicyclic) bond motifs is 3. The van der Waals surface area contributed by atoms with Crippen LogP contribution in [0.2, 0.25) is 0 Å². The quantitative estimate of drug-likeness (QED) is 0.224. The zero-order valence-corrected chi connectivity index (χ0v) is 21.6. The molecule has 0 heterocycles. The molecule has 11 heteroatoms. The summed E-state index contributed by atoms with van der Waals surface area (Å²) in [5.74, 6) is -9.95. The number of nitrogens with zero attached hydrogens (tertiary/aromatic N) is 1. The van der Waals surface area contributed by atoms with Crippen molar-refractivity contribution < 1.29 is 44.7 Å². The van der Waals surface area contributed by atoms with Gasteiger partial charge in [0.05, 0.1) is 23.3 Å². The number of ketones is 2. The fourth-order valence-corrected chi connectivity index (χ4v) is 6.57. The summed E-state index contributed by atoms with van der Waals surface area (Å²) in [6, 6.07) is 9.45. The fraction of sp³-hybridized carbons (Fsp3) is 0.310. The zero-order valence-electron chi connectivity index (χ0n) is 21.6. The summed E-state index contributed by atoms with van der Waals surface area (Å²) in [4.78, 5) is 52.4. The number of hydrogen-bond donors (Lipinski definition) is 6. The second-order valence-corrected chi connectivity index (χ2v) is 10.6. The van der Waals surface area contributed by atoms with E-state index in [2.05, 4.69) is 0 Å². The molecule has 5 rings (SSSR count). The summed E-state index contributed by atoms with van der Waals surface area (Å²) in [6.07, 6.45) is -1.29. The smallest absolute Gasteiger partial charge is 0.230 e. The van der Waals surface area contributed by atoms with Crippen molar-refractivity contribution in [3.05, 3.63) is 76.1 Å². The topological polar surface area (TPSA) is 199 Å². The van der Waals surface area contributed by atoms with E-state index in [4.69, 9.17) is 5.73 Å². The number of primary amides is 1. The molecule has 0 bridgehead atoms. The molecule has 208 valence electrons. The van der Waals surface area contributed by atoms with Gasteiger partial charge in [-0.3, -0.25) is 19.2 Å². The molecule has 0 spiro atoms. The third-order valence-corrected chi connectivity index (χ3v) is 8.27. The van der Waals surface area contributed by atoms with Gasteiger partial charge < -0.3 is 36.2 Å². The third-order valence-electron chi connectivity index (χ3n) is 8.27. The minimum atomic E-state index is -2.96.